The van der Waals surface area contributed by atoms with Crippen LogP contribution in [0.1, 0.15) is 19.8 Å². The van der Waals surface area contributed by atoms with Crippen LogP contribution in [-0.2, 0) is 0 Å². The SMILES string of the molecule is CCC/C=N/Cl. The smallest absolute Gasteiger partial charge is 0.0361 e. The van der Waals surface area contributed by atoms with Crippen LogP contribution < -0.4 is 0 Å². The minimum absolute atomic E-state index is 0.990. The first kappa shape index (κ1) is 5.96. The van der Waals surface area contributed by atoms with Crippen LogP contribution >= 0.6 is 11.8 Å². The summed E-state index contributed by atoms with van der Waals surface area (Å²) in [4.78, 5) is 0. The van der Waals surface area contributed by atoms with Gasteiger partial charge in [0.1, 0.15) is 0 Å². The Morgan fingerprint density at radius 2 is 2.50 bits per heavy atom. The van der Waals surface area contributed by atoms with Gasteiger partial charge in [-0.25, -0.2) is 0 Å². The second kappa shape index (κ2) is 4.96. The highest BCUT2D eigenvalue weighted by atomic mass is 35.5. The van der Waals surface area contributed by atoms with Crippen LogP contribution in [0, 0.1) is 0 Å². The molecule has 0 spiro atoms. The van der Waals surface area contributed by atoms with Crippen molar-refractivity contribution < 1.29 is 0 Å². The molecule has 6 heavy (non-hydrogen) atoms. The summed E-state index contributed by atoms with van der Waals surface area (Å²) in [6, 6.07) is 0. The van der Waals surface area contributed by atoms with E-state index in [1.165, 1.54) is 0 Å². The maximum Gasteiger partial charge on any atom is 0.0361 e. The summed E-state index contributed by atoms with van der Waals surface area (Å²) in [5.41, 5.74) is 0. The first-order valence-electron chi connectivity index (χ1n) is 2.04. The fraction of sp³-hybridized carbons (Fsp3) is 0.750. The number of rotatable bonds is 2. The van der Waals surface area contributed by atoms with Crippen molar-refractivity contribution in [1.29, 1.82) is 0 Å². The van der Waals surface area contributed by atoms with Gasteiger partial charge in [-0.3, -0.25) is 0 Å². The molecule has 0 aliphatic heterocycles. The highest BCUT2D eigenvalue weighted by Gasteiger charge is 1.67. The van der Waals surface area contributed by atoms with Gasteiger partial charge in [-0.15, -0.1) is 0 Å². The predicted octanol–water partition coefficient (Wildman–Crippen LogP) is 2.01. The molecule has 0 saturated heterocycles. The first-order valence-corrected chi connectivity index (χ1v) is 2.38. The second-order valence-corrected chi connectivity index (χ2v) is 1.26. The molecule has 0 atom stereocenters. The molecule has 1 nitrogen and oxygen atoms in total. The molecule has 0 fully saturated rings. The Hall–Kier alpha value is -0.0400. The molecule has 0 aliphatic rings. The Morgan fingerprint density at radius 3 is 2.67 bits per heavy atom. The number of halogens is 1. The monoisotopic (exact) mass is 105 g/mol. The summed E-state index contributed by atoms with van der Waals surface area (Å²) >= 11 is 4.95. The standard InChI is InChI=1S/C4H8ClN/c1-2-3-4-6-5/h4H,2-3H2,1H3/b6-4+. The first-order chi connectivity index (χ1) is 2.91. The van der Waals surface area contributed by atoms with Gasteiger partial charge in [0.2, 0.25) is 0 Å². The Morgan fingerprint density at radius 1 is 1.83 bits per heavy atom. The lowest BCUT2D eigenvalue weighted by Crippen LogP contribution is -1.65. The van der Waals surface area contributed by atoms with E-state index in [2.05, 4.69) is 11.4 Å². The Bertz CT molecular complexity index is 42.8. The van der Waals surface area contributed by atoms with E-state index in [0.717, 1.165) is 12.8 Å². The molecule has 36 valence electrons. The predicted molar refractivity (Wildman–Crippen MR) is 29.3 cm³/mol. The third-order valence-corrected chi connectivity index (χ3v) is 0.625. The van der Waals surface area contributed by atoms with Gasteiger partial charge in [0, 0.05) is 18.0 Å². The maximum absolute atomic E-state index is 4.95. The van der Waals surface area contributed by atoms with E-state index in [0.29, 0.717) is 0 Å². The normalized spacial score (nSPS) is 10.3. The molecule has 0 aromatic carbocycles. The average molecular weight is 106 g/mol. The average Bonchev–Trinajstić information content (AvgIpc) is 1.61. The van der Waals surface area contributed by atoms with E-state index in [4.69, 9.17) is 11.8 Å². The minimum Gasteiger partial charge on any atom is -0.191 e. The van der Waals surface area contributed by atoms with E-state index < -0.39 is 0 Å². The van der Waals surface area contributed by atoms with E-state index in [9.17, 15) is 0 Å². The van der Waals surface area contributed by atoms with Crippen LogP contribution in [-0.4, -0.2) is 6.21 Å². The van der Waals surface area contributed by atoms with Crippen LogP contribution in [0.4, 0.5) is 0 Å². The molecule has 0 aromatic rings. The molecule has 0 unspecified atom stereocenters. The maximum atomic E-state index is 4.95. The third-order valence-electron chi connectivity index (χ3n) is 0.487. The molecule has 0 aromatic heterocycles. The lowest BCUT2D eigenvalue weighted by Gasteiger charge is -1.74. The molecule has 0 N–H and O–H groups in total. The Labute approximate surface area is 43.1 Å². The zero-order chi connectivity index (χ0) is 4.83. The zero-order valence-electron chi connectivity index (χ0n) is 3.82. The molecule has 0 amide bonds. The fourth-order valence-electron chi connectivity index (χ4n) is 0.178. The van der Waals surface area contributed by atoms with Crippen LogP contribution in [0.25, 0.3) is 0 Å². The van der Waals surface area contributed by atoms with Crippen LogP contribution in [0.15, 0.2) is 4.51 Å². The summed E-state index contributed by atoms with van der Waals surface area (Å²) in [7, 11) is 0. The Balaban J connectivity index is 2.66. The number of hydrogen-bond acceptors (Lipinski definition) is 1. The van der Waals surface area contributed by atoms with Gasteiger partial charge in [0.25, 0.3) is 0 Å². The van der Waals surface area contributed by atoms with Gasteiger partial charge in [-0.1, -0.05) is 13.3 Å². The topological polar surface area (TPSA) is 12.4 Å². The van der Waals surface area contributed by atoms with Gasteiger partial charge in [0.15, 0.2) is 0 Å². The molecule has 0 bridgehead atoms. The van der Waals surface area contributed by atoms with Crippen molar-refractivity contribution in [2.75, 3.05) is 0 Å². The molecule has 0 aliphatic carbocycles. The summed E-state index contributed by atoms with van der Waals surface area (Å²) < 4.78 is 3.27. The third kappa shape index (κ3) is 3.96. The molecule has 0 heterocycles. The highest BCUT2D eigenvalue weighted by Crippen LogP contribution is 1.81. The molecule has 0 saturated carbocycles. The van der Waals surface area contributed by atoms with Crippen molar-refractivity contribution in [2.45, 2.75) is 19.8 Å². The Kier molecular flexibility index (Phi) is 4.93. The fourth-order valence-corrected chi connectivity index (χ4v) is 0.275. The van der Waals surface area contributed by atoms with Crippen molar-refractivity contribution in [1.82, 2.24) is 0 Å². The molecular formula is C4H8ClN. The van der Waals surface area contributed by atoms with Gasteiger partial charge in [0.05, 0.1) is 0 Å². The lowest BCUT2D eigenvalue weighted by molar-refractivity contribution is 1.01. The molecule has 0 rings (SSSR count). The second-order valence-electron chi connectivity index (χ2n) is 1.07. The van der Waals surface area contributed by atoms with Gasteiger partial charge in [-0.2, -0.15) is 4.51 Å². The molecular weight excluding hydrogens is 97.5 g/mol. The minimum atomic E-state index is 0.990. The largest absolute Gasteiger partial charge is 0.191 e. The van der Waals surface area contributed by atoms with E-state index in [1.807, 2.05) is 0 Å². The van der Waals surface area contributed by atoms with E-state index in [-0.39, 0.29) is 0 Å². The van der Waals surface area contributed by atoms with Gasteiger partial charge >= 0.3 is 0 Å². The van der Waals surface area contributed by atoms with Crippen LogP contribution in [0.3, 0.4) is 0 Å². The highest BCUT2D eigenvalue weighted by molar-refractivity contribution is 6.17. The summed E-state index contributed by atoms with van der Waals surface area (Å²) in [5, 5.41) is 0. The summed E-state index contributed by atoms with van der Waals surface area (Å²) in [6.45, 7) is 2.08. The van der Waals surface area contributed by atoms with Crippen molar-refractivity contribution >= 4 is 18.0 Å². The zero-order valence-corrected chi connectivity index (χ0v) is 4.57. The van der Waals surface area contributed by atoms with Gasteiger partial charge in [-0.05, 0) is 6.42 Å². The lowest BCUT2D eigenvalue weighted by atomic mass is 10.4. The van der Waals surface area contributed by atoms with Crippen molar-refractivity contribution in [3.63, 3.8) is 0 Å². The van der Waals surface area contributed by atoms with Crippen molar-refractivity contribution in [3.8, 4) is 0 Å². The van der Waals surface area contributed by atoms with E-state index >= 15 is 0 Å². The summed E-state index contributed by atoms with van der Waals surface area (Å²) in [5.74, 6) is 0. The van der Waals surface area contributed by atoms with Crippen molar-refractivity contribution in [3.05, 3.63) is 0 Å². The van der Waals surface area contributed by atoms with Crippen LogP contribution in [0.2, 0.25) is 0 Å². The number of hydrogen-bond donors (Lipinski definition) is 0. The number of nitrogens with zero attached hydrogens (tertiary/aromatic N) is 1. The quantitative estimate of drug-likeness (QED) is 0.477. The summed E-state index contributed by atoms with van der Waals surface area (Å²) in [6.07, 6.45) is 3.81. The molecule has 2 heteroatoms. The number of unbranched alkanes of at least 4 members (excludes halogenated alkanes) is 1. The molecule has 0 radical (unpaired) electrons. The van der Waals surface area contributed by atoms with E-state index in [1.54, 1.807) is 6.21 Å². The van der Waals surface area contributed by atoms with Crippen molar-refractivity contribution in [2.24, 2.45) is 4.51 Å². The van der Waals surface area contributed by atoms with Crippen LogP contribution in [0.5, 0.6) is 0 Å². The van der Waals surface area contributed by atoms with Gasteiger partial charge < -0.3 is 0 Å².